The zero-order chi connectivity index (χ0) is 23.0. The number of halogens is 3. The molecule has 1 aliphatic rings. The monoisotopic (exact) mass is 440 g/mol. The third-order valence-electron chi connectivity index (χ3n) is 5.72. The van der Waals surface area contributed by atoms with Crippen LogP contribution in [0.3, 0.4) is 0 Å². The van der Waals surface area contributed by atoms with E-state index in [1.807, 2.05) is 38.1 Å². The largest absolute Gasteiger partial charge is 0.416 e. The Hall–Kier alpha value is -3.55. The number of amides is 1. The summed E-state index contributed by atoms with van der Waals surface area (Å²) >= 11 is 0. The smallest absolute Gasteiger partial charge is 0.355 e. The normalized spacial score (nSPS) is 18.5. The second-order valence-corrected chi connectivity index (χ2v) is 8.03. The Balaban J connectivity index is 1.73. The van der Waals surface area contributed by atoms with Crippen LogP contribution in [0.5, 0.6) is 0 Å². The van der Waals surface area contributed by atoms with Gasteiger partial charge in [-0.1, -0.05) is 43.3 Å². The van der Waals surface area contributed by atoms with Crippen LogP contribution in [0.15, 0.2) is 66.9 Å². The van der Waals surface area contributed by atoms with E-state index in [1.165, 1.54) is 6.07 Å². The molecule has 1 saturated heterocycles. The van der Waals surface area contributed by atoms with Crippen molar-refractivity contribution >= 4 is 11.7 Å². The molecular formula is C24H23F3N4O. The molecule has 2 N–H and O–H groups in total. The average molecular weight is 440 g/mol. The van der Waals surface area contributed by atoms with Crippen LogP contribution in [0.25, 0.3) is 16.9 Å². The lowest BCUT2D eigenvalue weighted by atomic mass is 9.95. The van der Waals surface area contributed by atoms with Crippen LogP contribution < -0.4 is 10.6 Å². The summed E-state index contributed by atoms with van der Waals surface area (Å²) in [7, 11) is 0. The van der Waals surface area contributed by atoms with Gasteiger partial charge in [0.05, 0.1) is 16.9 Å². The Kier molecular flexibility index (Phi) is 5.54. The van der Waals surface area contributed by atoms with Crippen molar-refractivity contribution in [2.75, 3.05) is 11.9 Å². The summed E-state index contributed by atoms with van der Waals surface area (Å²) in [5, 5.41) is 10.6. The second kappa shape index (κ2) is 8.18. The number of nitrogens with zero attached hydrogens (tertiary/aromatic N) is 2. The Morgan fingerprint density at radius 2 is 1.91 bits per heavy atom. The first kappa shape index (κ1) is 21.7. The molecule has 0 bridgehead atoms. The molecule has 2 aromatic carbocycles. The molecular weight excluding hydrogens is 417 g/mol. The predicted octanol–water partition coefficient (Wildman–Crippen LogP) is 5.17. The molecule has 1 unspecified atom stereocenters. The van der Waals surface area contributed by atoms with Crippen LogP contribution in [0.2, 0.25) is 0 Å². The quantitative estimate of drug-likeness (QED) is 0.575. The van der Waals surface area contributed by atoms with Gasteiger partial charge >= 0.3 is 6.18 Å². The van der Waals surface area contributed by atoms with E-state index in [0.717, 1.165) is 17.7 Å². The van der Waals surface area contributed by atoms with Crippen molar-refractivity contribution in [3.63, 3.8) is 0 Å². The highest BCUT2D eigenvalue weighted by atomic mass is 19.4. The summed E-state index contributed by atoms with van der Waals surface area (Å²) in [6, 6.07) is 14.4. The molecule has 1 aromatic heterocycles. The maximum atomic E-state index is 13.3. The highest BCUT2D eigenvalue weighted by Crippen LogP contribution is 2.34. The Morgan fingerprint density at radius 3 is 2.53 bits per heavy atom. The molecule has 4 rings (SSSR count). The summed E-state index contributed by atoms with van der Waals surface area (Å²) in [4.78, 5) is 11.8. The number of hydrogen-bond acceptors (Lipinski definition) is 3. The first-order chi connectivity index (χ1) is 15.1. The van der Waals surface area contributed by atoms with Gasteiger partial charge in [-0.2, -0.15) is 13.2 Å². The lowest BCUT2D eigenvalue weighted by molar-refractivity contribution is -0.137. The fourth-order valence-electron chi connectivity index (χ4n) is 3.80. The minimum atomic E-state index is -4.45. The number of nitrogens with one attached hydrogen (secondary N) is 2. The van der Waals surface area contributed by atoms with Crippen LogP contribution in [0, 0.1) is 18.8 Å². The van der Waals surface area contributed by atoms with Gasteiger partial charge in [-0.25, -0.2) is 4.68 Å². The molecule has 2 heterocycles. The minimum Gasteiger partial charge on any atom is -0.355 e. The SMILES string of the molecule is C=C(Nc1cc(-c2cccc(C(F)(F)F)c2)n(-c2ccc(C)cc2)n1)[C@H]1CNC(=O)C1C. The van der Waals surface area contributed by atoms with Crippen molar-refractivity contribution in [1.29, 1.82) is 0 Å². The van der Waals surface area contributed by atoms with E-state index in [1.54, 1.807) is 16.8 Å². The van der Waals surface area contributed by atoms with Crippen LogP contribution in [0.1, 0.15) is 18.1 Å². The van der Waals surface area contributed by atoms with E-state index >= 15 is 0 Å². The van der Waals surface area contributed by atoms with Crippen molar-refractivity contribution in [3.05, 3.63) is 78.0 Å². The van der Waals surface area contributed by atoms with E-state index in [0.29, 0.717) is 35.0 Å². The molecule has 1 amide bonds. The Bertz CT molecular complexity index is 1160. The molecule has 0 spiro atoms. The van der Waals surface area contributed by atoms with Gasteiger partial charge in [0.2, 0.25) is 5.91 Å². The van der Waals surface area contributed by atoms with E-state index < -0.39 is 11.7 Å². The van der Waals surface area contributed by atoms with Gasteiger partial charge in [-0.15, -0.1) is 5.10 Å². The maximum absolute atomic E-state index is 13.3. The number of benzene rings is 2. The van der Waals surface area contributed by atoms with E-state index in [2.05, 4.69) is 22.3 Å². The van der Waals surface area contributed by atoms with Crippen LogP contribution in [-0.2, 0) is 11.0 Å². The number of hydrogen-bond donors (Lipinski definition) is 2. The molecule has 0 saturated carbocycles. The summed E-state index contributed by atoms with van der Waals surface area (Å²) in [5.41, 5.74) is 2.56. The zero-order valence-electron chi connectivity index (χ0n) is 17.7. The van der Waals surface area contributed by atoms with Gasteiger partial charge in [0.15, 0.2) is 5.82 Å². The molecule has 166 valence electrons. The number of alkyl halides is 3. The third kappa shape index (κ3) is 4.26. The van der Waals surface area contributed by atoms with Gasteiger partial charge in [0.25, 0.3) is 0 Å². The van der Waals surface area contributed by atoms with Gasteiger partial charge in [0, 0.05) is 35.7 Å². The van der Waals surface area contributed by atoms with Crippen molar-refractivity contribution in [3.8, 4) is 16.9 Å². The molecule has 5 nitrogen and oxygen atoms in total. The van der Waals surface area contributed by atoms with Gasteiger partial charge in [-0.05, 0) is 31.2 Å². The Morgan fingerprint density at radius 1 is 1.19 bits per heavy atom. The topological polar surface area (TPSA) is 59.0 Å². The Labute approximate surface area is 183 Å². The number of carbonyl (C=O) groups excluding carboxylic acids is 1. The standard InChI is InChI=1S/C24H23F3N4O/c1-14-7-9-19(10-8-14)31-21(17-5-4-6-18(11-17)24(25,26)27)12-22(30-31)29-16(3)20-13-28-23(32)15(20)2/h4-12,15,20H,3,13H2,1-2H3,(H,28,32)(H,29,30)/t15?,20-/m0/s1. The first-order valence-electron chi connectivity index (χ1n) is 10.2. The number of aryl methyl sites for hydroxylation is 1. The fraction of sp³-hybridized carbons (Fsp3) is 0.250. The van der Waals surface area contributed by atoms with Crippen molar-refractivity contribution in [1.82, 2.24) is 15.1 Å². The minimum absolute atomic E-state index is 0.0345. The van der Waals surface area contributed by atoms with E-state index in [9.17, 15) is 18.0 Å². The number of aromatic nitrogens is 2. The second-order valence-electron chi connectivity index (χ2n) is 8.03. The lowest BCUT2D eigenvalue weighted by Gasteiger charge is -2.16. The highest BCUT2D eigenvalue weighted by molar-refractivity contribution is 5.81. The molecule has 2 atom stereocenters. The number of anilines is 1. The van der Waals surface area contributed by atoms with Gasteiger partial charge in [-0.3, -0.25) is 4.79 Å². The first-order valence-corrected chi connectivity index (χ1v) is 10.2. The highest BCUT2D eigenvalue weighted by Gasteiger charge is 2.33. The van der Waals surface area contributed by atoms with Gasteiger partial charge in [0.1, 0.15) is 0 Å². The molecule has 0 radical (unpaired) electrons. The summed E-state index contributed by atoms with van der Waals surface area (Å²) in [6.07, 6.45) is -4.45. The number of rotatable bonds is 5. The summed E-state index contributed by atoms with van der Waals surface area (Å²) in [5.74, 6) is 0.0727. The predicted molar refractivity (Wildman–Crippen MR) is 117 cm³/mol. The molecule has 0 aliphatic carbocycles. The van der Waals surface area contributed by atoms with E-state index in [4.69, 9.17) is 0 Å². The van der Waals surface area contributed by atoms with Gasteiger partial charge < -0.3 is 10.6 Å². The zero-order valence-corrected chi connectivity index (χ0v) is 17.7. The van der Waals surface area contributed by atoms with E-state index in [-0.39, 0.29) is 17.7 Å². The number of carbonyl (C=O) groups is 1. The van der Waals surface area contributed by atoms with Crippen molar-refractivity contribution in [2.45, 2.75) is 20.0 Å². The third-order valence-corrected chi connectivity index (χ3v) is 5.72. The molecule has 1 fully saturated rings. The molecule has 3 aromatic rings. The van der Waals surface area contributed by atoms with Crippen LogP contribution in [-0.4, -0.2) is 22.2 Å². The summed E-state index contributed by atoms with van der Waals surface area (Å²) < 4.78 is 41.5. The maximum Gasteiger partial charge on any atom is 0.416 e. The molecule has 32 heavy (non-hydrogen) atoms. The lowest BCUT2D eigenvalue weighted by Crippen LogP contribution is -2.18. The van der Waals surface area contributed by atoms with Crippen molar-refractivity contribution < 1.29 is 18.0 Å². The summed E-state index contributed by atoms with van der Waals surface area (Å²) in [6.45, 7) is 8.32. The van der Waals surface area contributed by atoms with Crippen LogP contribution >= 0.6 is 0 Å². The average Bonchev–Trinajstić information content (AvgIpc) is 3.31. The van der Waals surface area contributed by atoms with Crippen molar-refractivity contribution in [2.24, 2.45) is 11.8 Å². The molecule has 1 aliphatic heterocycles. The fourth-order valence-corrected chi connectivity index (χ4v) is 3.80. The molecule has 8 heteroatoms. The van der Waals surface area contributed by atoms with Crippen LogP contribution in [0.4, 0.5) is 19.0 Å².